The predicted molar refractivity (Wildman–Crippen MR) is 116 cm³/mol. The number of aromatic hydroxyl groups is 2. The first-order valence-electron chi connectivity index (χ1n) is 11.0. The Bertz CT molecular complexity index is 1200. The number of rotatable bonds is 4. The molecular weight excluding hydrogens is 429 g/mol. The highest BCUT2D eigenvalue weighted by atomic mass is 19.1. The van der Waals surface area contributed by atoms with Gasteiger partial charge >= 0.3 is 0 Å². The molecule has 2 aromatic carbocycles. The van der Waals surface area contributed by atoms with E-state index < -0.39 is 41.0 Å². The number of carbonyl (C=O) groups excluding carboxylic acids is 3. The second kappa shape index (κ2) is 7.28. The molecule has 9 heteroatoms. The number of carbonyl (C=O) groups is 3. The van der Waals surface area contributed by atoms with Crippen molar-refractivity contribution in [1.29, 1.82) is 0 Å². The Labute approximate surface area is 189 Å². The lowest BCUT2D eigenvalue weighted by Gasteiger charge is -2.31. The molecule has 3 heterocycles. The number of nitrogens with zero attached hydrogens (tertiary/aromatic N) is 1. The van der Waals surface area contributed by atoms with Crippen molar-refractivity contribution < 1.29 is 29.0 Å². The molecule has 3 aliphatic rings. The molecule has 3 amide bonds. The molecule has 0 saturated carbocycles. The van der Waals surface area contributed by atoms with E-state index in [2.05, 4.69) is 10.6 Å². The second-order valence-electron chi connectivity index (χ2n) is 9.04. The molecule has 5 atom stereocenters. The third kappa shape index (κ3) is 2.88. The number of phenolic OH excluding ortho intramolecular Hbond substituents is 2. The minimum absolute atomic E-state index is 0.210. The van der Waals surface area contributed by atoms with Crippen molar-refractivity contribution in [2.24, 2.45) is 11.8 Å². The summed E-state index contributed by atoms with van der Waals surface area (Å²) in [6, 6.07) is 7.26. The lowest BCUT2D eigenvalue weighted by Crippen LogP contribution is -2.54. The molecular formula is C24H24FN3O5. The molecule has 0 bridgehead atoms. The smallest absolute Gasteiger partial charge is 0.250 e. The van der Waals surface area contributed by atoms with Crippen molar-refractivity contribution in [1.82, 2.24) is 10.2 Å². The van der Waals surface area contributed by atoms with E-state index >= 15 is 0 Å². The topological polar surface area (TPSA) is 119 Å². The van der Waals surface area contributed by atoms with Gasteiger partial charge in [0.15, 0.2) is 11.5 Å². The molecule has 2 aromatic rings. The largest absolute Gasteiger partial charge is 0.504 e. The fourth-order valence-corrected chi connectivity index (χ4v) is 5.54. The van der Waals surface area contributed by atoms with Gasteiger partial charge in [0.05, 0.1) is 11.8 Å². The molecule has 5 rings (SSSR count). The third-order valence-corrected chi connectivity index (χ3v) is 7.24. The summed E-state index contributed by atoms with van der Waals surface area (Å²) in [5.41, 5.74) is -0.261. The highest BCUT2D eigenvalue weighted by Gasteiger charge is 2.70. The number of phenols is 2. The van der Waals surface area contributed by atoms with Crippen LogP contribution in [-0.4, -0.2) is 44.9 Å². The molecule has 0 aromatic heterocycles. The molecule has 33 heavy (non-hydrogen) atoms. The molecule has 3 aliphatic heterocycles. The highest BCUT2D eigenvalue weighted by molar-refractivity contribution is 6.15. The standard InChI is InChI=1S/C24H24FN3O5/c1-3-11(2)28-21(31)19-16(8-12-4-7-17(29)18(30)9-12)27-24(20(19)22(28)32)14-10-13(25)5-6-15(14)26-23(24)33/h4-7,9-11,16,19-20,27,29-30H,3,8H2,1-2H3,(H,26,33)/t11-,16-,19-,20+,24+/m1/s1. The number of halogens is 1. The summed E-state index contributed by atoms with van der Waals surface area (Å²) in [7, 11) is 0. The first-order valence-corrected chi connectivity index (χ1v) is 11.0. The molecule has 1 spiro atoms. The number of nitrogens with one attached hydrogen (secondary N) is 2. The monoisotopic (exact) mass is 453 g/mol. The summed E-state index contributed by atoms with van der Waals surface area (Å²) in [4.78, 5) is 41.7. The predicted octanol–water partition coefficient (Wildman–Crippen LogP) is 2.00. The van der Waals surface area contributed by atoms with Crippen LogP contribution < -0.4 is 10.6 Å². The van der Waals surface area contributed by atoms with Gasteiger partial charge in [-0.15, -0.1) is 0 Å². The Hall–Kier alpha value is -3.46. The lowest BCUT2D eigenvalue weighted by molar-refractivity contribution is -0.145. The summed E-state index contributed by atoms with van der Waals surface area (Å²) >= 11 is 0. The van der Waals surface area contributed by atoms with Crippen LogP contribution in [-0.2, 0) is 26.3 Å². The number of anilines is 1. The Morgan fingerprint density at radius 1 is 1.09 bits per heavy atom. The van der Waals surface area contributed by atoms with E-state index in [0.717, 1.165) is 0 Å². The van der Waals surface area contributed by atoms with Gasteiger partial charge in [0.25, 0.3) is 0 Å². The van der Waals surface area contributed by atoms with Crippen molar-refractivity contribution in [2.45, 2.75) is 44.3 Å². The SMILES string of the molecule is CC[C@@H](C)N1C(=O)[C@H]2[C@@H](C1=O)[C@]1(N[C@@H]2Cc2ccc(O)c(O)c2)C(=O)Nc2ccc(F)cc21. The van der Waals surface area contributed by atoms with Gasteiger partial charge in [-0.3, -0.25) is 24.6 Å². The zero-order valence-electron chi connectivity index (χ0n) is 18.1. The third-order valence-electron chi connectivity index (χ3n) is 7.24. The van der Waals surface area contributed by atoms with Crippen LogP contribution >= 0.6 is 0 Å². The molecule has 172 valence electrons. The molecule has 0 unspecified atom stereocenters. The van der Waals surface area contributed by atoms with Gasteiger partial charge in [0, 0.05) is 23.3 Å². The molecule has 2 fully saturated rings. The van der Waals surface area contributed by atoms with Crippen LogP contribution in [0.25, 0.3) is 0 Å². The van der Waals surface area contributed by atoms with E-state index in [9.17, 15) is 29.0 Å². The van der Waals surface area contributed by atoms with Crippen molar-refractivity contribution in [3.8, 4) is 11.5 Å². The van der Waals surface area contributed by atoms with Crippen LogP contribution in [0, 0.1) is 17.7 Å². The maximum Gasteiger partial charge on any atom is 0.250 e. The van der Waals surface area contributed by atoms with Crippen LogP contribution in [0.15, 0.2) is 36.4 Å². The van der Waals surface area contributed by atoms with E-state index in [1.165, 1.54) is 35.2 Å². The summed E-state index contributed by atoms with van der Waals surface area (Å²) < 4.78 is 14.2. The van der Waals surface area contributed by atoms with Gasteiger partial charge in [0.2, 0.25) is 17.7 Å². The van der Waals surface area contributed by atoms with Crippen LogP contribution in [0.4, 0.5) is 10.1 Å². The van der Waals surface area contributed by atoms with Crippen molar-refractivity contribution in [3.05, 3.63) is 53.3 Å². The zero-order valence-corrected chi connectivity index (χ0v) is 18.1. The van der Waals surface area contributed by atoms with Gasteiger partial charge in [0.1, 0.15) is 11.4 Å². The summed E-state index contributed by atoms with van der Waals surface area (Å²) in [5, 5.41) is 25.5. The van der Waals surface area contributed by atoms with E-state index in [1.807, 2.05) is 6.92 Å². The molecule has 8 nitrogen and oxygen atoms in total. The zero-order chi connectivity index (χ0) is 23.7. The number of hydrogen-bond donors (Lipinski definition) is 4. The molecule has 0 radical (unpaired) electrons. The number of amides is 3. The Morgan fingerprint density at radius 3 is 2.55 bits per heavy atom. The number of fused-ring (bicyclic) bond motifs is 4. The second-order valence-corrected chi connectivity index (χ2v) is 9.04. The average molecular weight is 453 g/mol. The average Bonchev–Trinajstić information content (AvgIpc) is 3.35. The van der Waals surface area contributed by atoms with Crippen LogP contribution in [0.2, 0.25) is 0 Å². The van der Waals surface area contributed by atoms with Crippen molar-refractivity contribution in [3.63, 3.8) is 0 Å². The van der Waals surface area contributed by atoms with E-state index in [1.54, 1.807) is 13.0 Å². The normalized spacial score (nSPS) is 28.9. The maximum absolute atomic E-state index is 14.2. The highest BCUT2D eigenvalue weighted by Crippen LogP contribution is 2.53. The van der Waals surface area contributed by atoms with E-state index in [-0.39, 0.29) is 29.9 Å². The van der Waals surface area contributed by atoms with Crippen LogP contribution in [0.5, 0.6) is 11.5 Å². The first-order chi connectivity index (χ1) is 15.7. The van der Waals surface area contributed by atoms with Crippen LogP contribution in [0.3, 0.4) is 0 Å². The minimum atomic E-state index is -1.58. The van der Waals surface area contributed by atoms with Crippen molar-refractivity contribution in [2.75, 3.05) is 5.32 Å². The fraction of sp³-hybridized carbons (Fsp3) is 0.375. The van der Waals surface area contributed by atoms with E-state index in [4.69, 9.17) is 0 Å². The summed E-state index contributed by atoms with van der Waals surface area (Å²) in [6.45, 7) is 3.66. The summed E-state index contributed by atoms with van der Waals surface area (Å²) in [6.07, 6.45) is 0.771. The quantitative estimate of drug-likeness (QED) is 0.415. The Kier molecular flexibility index (Phi) is 4.72. The number of benzene rings is 2. The first kappa shape index (κ1) is 21.4. The molecule has 4 N–H and O–H groups in total. The molecule has 0 aliphatic carbocycles. The van der Waals surface area contributed by atoms with Gasteiger partial charge < -0.3 is 15.5 Å². The Balaban J connectivity index is 1.64. The number of imide groups is 1. The minimum Gasteiger partial charge on any atom is -0.504 e. The van der Waals surface area contributed by atoms with Crippen LogP contribution in [0.1, 0.15) is 31.4 Å². The van der Waals surface area contributed by atoms with Gasteiger partial charge in [-0.1, -0.05) is 13.0 Å². The van der Waals surface area contributed by atoms with E-state index in [0.29, 0.717) is 23.2 Å². The molecule has 2 saturated heterocycles. The Morgan fingerprint density at radius 2 is 1.85 bits per heavy atom. The van der Waals surface area contributed by atoms with Gasteiger partial charge in [-0.2, -0.15) is 0 Å². The fourth-order valence-electron chi connectivity index (χ4n) is 5.54. The number of likely N-dealkylation sites (tertiary alicyclic amines) is 1. The van der Waals surface area contributed by atoms with Gasteiger partial charge in [-0.05, 0) is 55.7 Å². The lowest BCUT2D eigenvalue weighted by atomic mass is 9.76. The summed E-state index contributed by atoms with van der Waals surface area (Å²) in [5.74, 6) is -4.32. The maximum atomic E-state index is 14.2. The number of hydrogen-bond acceptors (Lipinski definition) is 6. The van der Waals surface area contributed by atoms with Gasteiger partial charge in [-0.25, -0.2) is 4.39 Å². The van der Waals surface area contributed by atoms with Crippen molar-refractivity contribution >= 4 is 23.4 Å².